The van der Waals surface area contributed by atoms with Gasteiger partial charge in [0, 0.05) is 22.8 Å². The van der Waals surface area contributed by atoms with E-state index in [-0.39, 0.29) is 0 Å². The molecule has 0 atom stereocenters. The summed E-state index contributed by atoms with van der Waals surface area (Å²) in [5.41, 5.74) is 3.38. The molecular weight excluding hydrogens is 172 g/mol. The molecule has 0 fully saturated rings. The lowest BCUT2D eigenvalue weighted by Crippen LogP contribution is -1.73. The molecule has 1 N–H and O–H groups in total. The Morgan fingerprint density at radius 3 is 3.14 bits per heavy atom. The highest BCUT2D eigenvalue weighted by Crippen LogP contribution is 2.25. The van der Waals surface area contributed by atoms with Gasteiger partial charge in [-0.15, -0.1) is 0 Å². The van der Waals surface area contributed by atoms with Crippen molar-refractivity contribution >= 4 is 23.2 Å². The fraction of sp³-hybridized carbons (Fsp3) is 0.0833. The number of aromatic amines is 1. The minimum Gasteiger partial charge on any atom is -0.339 e. The lowest BCUT2D eigenvalue weighted by atomic mass is 10.1. The minimum atomic E-state index is 0.966. The Labute approximate surface area is 82.0 Å². The van der Waals surface area contributed by atoms with E-state index in [1.807, 2.05) is 12.3 Å². The molecule has 0 saturated carbocycles. The van der Waals surface area contributed by atoms with E-state index < -0.39 is 0 Å². The maximum atomic E-state index is 4.29. The Hall–Kier alpha value is -1.83. The highest BCUT2D eigenvalue weighted by Gasteiger charge is 2.07. The molecule has 2 aromatic rings. The fourth-order valence-corrected chi connectivity index (χ4v) is 1.82. The summed E-state index contributed by atoms with van der Waals surface area (Å²) in [6, 6.07) is 4.07. The molecule has 0 spiro atoms. The third-order valence-corrected chi connectivity index (χ3v) is 2.48. The molecule has 2 aromatic heterocycles. The predicted molar refractivity (Wildman–Crippen MR) is 58.8 cm³/mol. The molecule has 2 nitrogen and oxygen atoms in total. The molecule has 0 aliphatic heterocycles. The fourth-order valence-electron chi connectivity index (χ4n) is 1.82. The summed E-state index contributed by atoms with van der Waals surface area (Å²) in [7, 11) is 0. The zero-order chi connectivity index (χ0) is 9.38. The second kappa shape index (κ2) is 2.84. The highest BCUT2D eigenvalue weighted by atomic mass is 14.9. The van der Waals surface area contributed by atoms with Gasteiger partial charge in [-0.25, -0.2) is 4.98 Å². The zero-order valence-electron chi connectivity index (χ0n) is 7.70. The average molecular weight is 182 g/mol. The monoisotopic (exact) mass is 182 g/mol. The molecular formula is C12H10N2. The van der Waals surface area contributed by atoms with Crippen molar-refractivity contribution in [3.05, 3.63) is 41.7 Å². The van der Waals surface area contributed by atoms with Crippen molar-refractivity contribution in [2.75, 3.05) is 0 Å². The van der Waals surface area contributed by atoms with Crippen molar-refractivity contribution in [1.29, 1.82) is 0 Å². The number of allylic oxidation sites excluding steroid dienone is 2. The van der Waals surface area contributed by atoms with Crippen LogP contribution in [-0.4, -0.2) is 9.97 Å². The predicted octanol–water partition coefficient (Wildman–Crippen LogP) is 2.99. The Morgan fingerprint density at radius 2 is 2.14 bits per heavy atom. The van der Waals surface area contributed by atoms with Crippen molar-refractivity contribution in [1.82, 2.24) is 9.97 Å². The first kappa shape index (κ1) is 7.56. The van der Waals surface area contributed by atoms with Crippen LogP contribution in [0.15, 0.2) is 30.5 Å². The first-order valence-electron chi connectivity index (χ1n) is 4.75. The first-order valence-corrected chi connectivity index (χ1v) is 4.75. The van der Waals surface area contributed by atoms with Crippen LogP contribution in [0.5, 0.6) is 0 Å². The number of pyridine rings is 1. The van der Waals surface area contributed by atoms with E-state index in [1.165, 1.54) is 10.9 Å². The largest absolute Gasteiger partial charge is 0.339 e. The summed E-state index contributed by atoms with van der Waals surface area (Å²) >= 11 is 0. The average Bonchev–Trinajstić information content (AvgIpc) is 2.42. The molecule has 14 heavy (non-hydrogen) atoms. The van der Waals surface area contributed by atoms with Gasteiger partial charge in [0.25, 0.3) is 0 Å². The Morgan fingerprint density at radius 1 is 1.21 bits per heavy atom. The molecule has 0 amide bonds. The normalized spacial score (nSPS) is 14.3. The SMILES string of the molecule is C1=Cc2[nH]c3ncccc3c2C=CC1. The summed E-state index contributed by atoms with van der Waals surface area (Å²) in [5.74, 6) is 0. The molecule has 0 radical (unpaired) electrons. The van der Waals surface area contributed by atoms with Gasteiger partial charge in [0.05, 0.1) is 0 Å². The van der Waals surface area contributed by atoms with Gasteiger partial charge in [0.1, 0.15) is 5.65 Å². The van der Waals surface area contributed by atoms with Crippen LogP contribution < -0.4 is 0 Å². The van der Waals surface area contributed by atoms with Crippen LogP contribution in [-0.2, 0) is 0 Å². The molecule has 1 aliphatic carbocycles. The molecule has 2 heteroatoms. The van der Waals surface area contributed by atoms with Crippen LogP contribution in [0, 0.1) is 0 Å². The molecule has 0 aromatic carbocycles. The third kappa shape index (κ3) is 1.01. The van der Waals surface area contributed by atoms with Gasteiger partial charge in [-0.05, 0) is 24.6 Å². The van der Waals surface area contributed by atoms with Crippen molar-refractivity contribution in [3.63, 3.8) is 0 Å². The van der Waals surface area contributed by atoms with E-state index in [1.54, 1.807) is 0 Å². The molecule has 1 aliphatic rings. The van der Waals surface area contributed by atoms with E-state index in [9.17, 15) is 0 Å². The van der Waals surface area contributed by atoms with E-state index in [0.717, 1.165) is 17.8 Å². The third-order valence-electron chi connectivity index (χ3n) is 2.48. The molecule has 0 saturated heterocycles. The molecule has 2 heterocycles. The number of nitrogens with zero attached hydrogens (tertiary/aromatic N) is 1. The maximum absolute atomic E-state index is 4.29. The molecule has 0 unspecified atom stereocenters. The van der Waals surface area contributed by atoms with Crippen LogP contribution in [0.25, 0.3) is 23.2 Å². The molecule has 0 bridgehead atoms. The smallest absolute Gasteiger partial charge is 0.138 e. The van der Waals surface area contributed by atoms with Gasteiger partial charge in [-0.1, -0.05) is 18.2 Å². The summed E-state index contributed by atoms with van der Waals surface area (Å²) in [6.45, 7) is 0. The van der Waals surface area contributed by atoms with Gasteiger partial charge in [0.2, 0.25) is 0 Å². The van der Waals surface area contributed by atoms with Gasteiger partial charge in [-0.2, -0.15) is 0 Å². The van der Waals surface area contributed by atoms with Gasteiger partial charge < -0.3 is 4.98 Å². The lowest BCUT2D eigenvalue weighted by Gasteiger charge is -1.90. The topological polar surface area (TPSA) is 28.7 Å². The minimum absolute atomic E-state index is 0.966. The molecule has 68 valence electrons. The standard InChI is InChI=1S/C12H10N2/c1-2-5-9-10-6-4-8-13-12(10)14-11(9)7-3-1/h2-8H,1H2,(H,13,14). The highest BCUT2D eigenvalue weighted by molar-refractivity contribution is 5.91. The van der Waals surface area contributed by atoms with E-state index >= 15 is 0 Å². The zero-order valence-corrected chi connectivity index (χ0v) is 7.70. The lowest BCUT2D eigenvalue weighted by molar-refractivity contribution is 1.31. The van der Waals surface area contributed by atoms with Crippen LogP contribution in [0.4, 0.5) is 0 Å². The van der Waals surface area contributed by atoms with Crippen molar-refractivity contribution in [2.45, 2.75) is 6.42 Å². The van der Waals surface area contributed by atoms with Gasteiger partial charge in [-0.3, -0.25) is 0 Å². The maximum Gasteiger partial charge on any atom is 0.138 e. The number of fused-ring (bicyclic) bond motifs is 3. The van der Waals surface area contributed by atoms with Gasteiger partial charge >= 0.3 is 0 Å². The Balaban J connectivity index is 2.41. The number of hydrogen-bond donors (Lipinski definition) is 1. The summed E-state index contributed by atoms with van der Waals surface area (Å²) in [6.07, 6.45) is 11.4. The van der Waals surface area contributed by atoms with E-state index in [4.69, 9.17) is 0 Å². The molecule has 3 rings (SSSR count). The second-order valence-electron chi connectivity index (χ2n) is 3.39. The van der Waals surface area contributed by atoms with Crippen LogP contribution in [0.2, 0.25) is 0 Å². The van der Waals surface area contributed by atoms with E-state index in [0.29, 0.717) is 0 Å². The Bertz CT molecular complexity index is 532. The quantitative estimate of drug-likeness (QED) is 0.666. The van der Waals surface area contributed by atoms with Crippen molar-refractivity contribution in [2.24, 2.45) is 0 Å². The number of hydrogen-bond acceptors (Lipinski definition) is 1. The summed E-state index contributed by atoms with van der Waals surface area (Å²) < 4.78 is 0. The first-order chi connectivity index (χ1) is 6.95. The van der Waals surface area contributed by atoms with Crippen molar-refractivity contribution < 1.29 is 0 Å². The number of rotatable bonds is 0. The van der Waals surface area contributed by atoms with Crippen molar-refractivity contribution in [3.8, 4) is 0 Å². The number of H-pyrrole nitrogens is 1. The number of aromatic nitrogens is 2. The number of nitrogens with one attached hydrogen (secondary N) is 1. The van der Waals surface area contributed by atoms with Gasteiger partial charge in [0.15, 0.2) is 0 Å². The van der Waals surface area contributed by atoms with E-state index in [2.05, 4.69) is 40.3 Å². The van der Waals surface area contributed by atoms with Crippen LogP contribution in [0.1, 0.15) is 17.7 Å². The second-order valence-corrected chi connectivity index (χ2v) is 3.39. The van der Waals surface area contributed by atoms with Crippen LogP contribution >= 0.6 is 0 Å². The Kier molecular flexibility index (Phi) is 1.53. The van der Waals surface area contributed by atoms with Crippen LogP contribution in [0.3, 0.4) is 0 Å². The summed E-state index contributed by atoms with van der Waals surface area (Å²) in [4.78, 5) is 7.60. The summed E-state index contributed by atoms with van der Waals surface area (Å²) in [5, 5.41) is 1.20.